The van der Waals surface area contributed by atoms with Gasteiger partial charge in [0.2, 0.25) is 0 Å². The van der Waals surface area contributed by atoms with E-state index < -0.39 is 34.6 Å². The standard InChI is InChI=1S/C8H6O6.Ru/c9-5-1-3(7(11)12)6(10)2-4(5)8(13)14;/h1-2,9-10H,(H,11,12)(H,13,14);. The van der Waals surface area contributed by atoms with Crippen LogP contribution >= 0.6 is 0 Å². The summed E-state index contributed by atoms with van der Waals surface area (Å²) in [5.41, 5.74) is -1.10. The first-order valence-electron chi connectivity index (χ1n) is 3.46. The molecule has 82 valence electrons. The van der Waals surface area contributed by atoms with Crippen LogP contribution in [0.15, 0.2) is 12.1 Å². The molecule has 0 fully saturated rings. The van der Waals surface area contributed by atoms with Crippen LogP contribution in [0.1, 0.15) is 20.7 Å². The van der Waals surface area contributed by atoms with Gasteiger partial charge in [-0.2, -0.15) is 0 Å². The summed E-state index contributed by atoms with van der Waals surface area (Å²) in [6.07, 6.45) is 0. The van der Waals surface area contributed by atoms with E-state index in [4.69, 9.17) is 20.4 Å². The van der Waals surface area contributed by atoms with Gasteiger partial charge in [0, 0.05) is 19.5 Å². The molecule has 0 saturated heterocycles. The van der Waals surface area contributed by atoms with Crippen molar-refractivity contribution in [2.75, 3.05) is 0 Å². The van der Waals surface area contributed by atoms with Crippen LogP contribution in [0.25, 0.3) is 0 Å². The van der Waals surface area contributed by atoms with Gasteiger partial charge in [-0.25, -0.2) is 9.59 Å². The van der Waals surface area contributed by atoms with Crippen molar-refractivity contribution in [1.82, 2.24) is 0 Å². The Morgan fingerprint density at radius 3 is 1.33 bits per heavy atom. The van der Waals surface area contributed by atoms with E-state index >= 15 is 0 Å². The number of carboxylic acids is 2. The van der Waals surface area contributed by atoms with E-state index in [2.05, 4.69) is 0 Å². The third-order valence-electron chi connectivity index (χ3n) is 1.57. The minimum absolute atomic E-state index is 0. The number of carboxylic acid groups (broad SMARTS) is 2. The molecule has 0 amide bonds. The smallest absolute Gasteiger partial charge is 0.339 e. The molecule has 1 aromatic rings. The molecule has 4 N–H and O–H groups in total. The molecule has 0 saturated carbocycles. The van der Waals surface area contributed by atoms with E-state index in [1.165, 1.54) is 0 Å². The van der Waals surface area contributed by atoms with Gasteiger partial charge in [-0.05, 0) is 12.1 Å². The van der Waals surface area contributed by atoms with E-state index in [9.17, 15) is 9.59 Å². The molecule has 0 radical (unpaired) electrons. The van der Waals surface area contributed by atoms with Gasteiger partial charge in [0.1, 0.15) is 22.6 Å². The summed E-state index contributed by atoms with van der Waals surface area (Å²) in [7, 11) is 0. The summed E-state index contributed by atoms with van der Waals surface area (Å²) in [6, 6.07) is 1.36. The molecule has 1 rings (SSSR count). The van der Waals surface area contributed by atoms with Crippen LogP contribution in [0, 0.1) is 0 Å². The molecule has 0 aliphatic carbocycles. The molecule has 0 atom stereocenters. The van der Waals surface area contributed by atoms with Crippen LogP contribution in [0.3, 0.4) is 0 Å². The Balaban J connectivity index is 0.00000196. The Kier molecular flexibility index (Phi) is 4.24. The fourth-order valence-electron chi connectivity index (χ4n) is 0.919. The molecule has 15 heavy (non-hydrogen) atoms. The molecule has 0 heterocycles. The van der Waals surface area contributed by atoms with Crippen LogP contribution in [0.4, 0.5) is 0 Å². The number of benzene rings is 1. The van der Waals surface area contributed by atoms with Gasteiger partial charge in [-0.15, -0.1) is 0 Å². The van der Waals surface area contributed by atoms with Crippen molar-refractivity contribution in [3.05, 3.63) is 23.3 Å². The molecule has 1 aromatic carbocycles. The predicted molar refractivity (Wildman–Crippen MR) is 43.7 cm³/mol. The molecule has 0 aliphatic heterocycles. The normalized spacial score (nSPS) is 9.07. The molecule has 0 aromatic heterocycles. The van der Waals surface area contributed by atoms with Gasteiger partial charge in [0.15, 0.2) is 0 Å². The Morgan fingerprint density at radius 1 is 0.867 bits per heavy atom. The van der Waals surface area contributed by atoms with Crippen molar-refractivity contribution in [2.24, 2.45) is 0 Å². The van der Waals surface area contributed by atoms with E-state index in [1.807, 2.05) is 0 Å². The number of rotatable bonds is 2. The van der Waals surface area contributed by atoms with Crippen LogP contribution in [-0.4, -0.2) is 32.4 Å². The summed E-state index contributed by atoms with van der Waals surface area (Å²) >= 11 is 0. The largest absolute Gasteiger partial charge is 0.507 e. The Morgan fingerprint density at radius 2 is 1.13 bits per heavy atom. The first kappa shape index (κ1) is 13.4. The number of aromatic carboxylic acids is 2. The average Bonchev–Trinajstić information content (AvgIpc) is 2.07. The predicted octanol–water partition coefficient (Wildman–Crippen LogP) is 0.492. The first-order valence-corrected chi connectivity index (χ1v) is 3.46. The van der Waals surface area contributed by atoms with Crippen molar-refractivity contribution >= 4 is 11.9 Å². The molecule has 0 spiro atoms. The molecule has 0 aliphatic rings. The zero-order valence-corrected chi connectivity index (χ0v) is 8.85. The van der Waals surface area contributed by atoms with Crippen molar-refractivity contribution < 1.29 is 49.5 Å². The zero-order chi connectivity index (χ0) is 10.9. The number of phenols is 2. The van der Waals surface area contributed by atoms with Crippen molar-refractivity contribution in [3.63, 3.8) is 0 Å². The first-order chi connectivity index (χ1) is 6.43. The Bertz CT molecular complexity index is 374. The molecular formula is C8H6O6Ru. The minimum atomic E-state index is -1.45. The van der Waals surface area contributed by atoms with Crippen molar-refractivity contribution in [2.45, 2.75) is 0 Å². The molecule has 0 unspecified atom stereocenters. The SMILES string of the molecule is O=C(O)c1cc(O)c(C(=O)O)cc1O.[Ru]. The fourth-order valence-corrected chi connectivity index (χ4v) is 0.919. The quantitative estimate of drug-likeness (QED) is 0.467. The van der Waals surface area contributed by atoms with Gasteiger partial charge >= 0.3 is 11.9 Å². The summed E-state index contributed by atoms with van der Waals surface area (Å²) < 4.78 is 0. The van der Waals surface area contributed by atoms with E-state index in [1.54, 1.807) is 0 Å². The maximum atomic E-state index is 10.4. The van der Waals surface area contributed by atoms with Crippen LogP contribution in [-0.2, 0) is 19.5 Å². The van der Waals surface area contributed by atoms with E-state index in [0.717, 1.165) is 0 Å². The van der Waals surface area contributed by atoms with Gasteiger partial charge in [-0.1, -0.05) is 0 Å². The maximum absolute atomic E-state index is 10.4. The third-order valence-corrected chi connectivity index (χ3v) is 1.57. The summed E-state index contributed by atoms with van der Waals surface area (Å²) in [6.45, 7) is 0. The van der Waals surface area contributed by atoms with Gasteiger partial charge in [0.05, 0.1) is 0 Å². The Labute approximate surface area is 96.5 Å². The molecule has 7 heteroatoms. The zero-order valence-electron chi connectivity index (χ0n) is 7.11. The monoisotopic (exact) mass is 300 g/mol. The topological polar surface area (TPSA) is 115 Å². The molecular weight excluding hydrogens is 293 g/mol. The average molecular weight is 299 g/mol. The van der Waals surface area contributed by atoms with Crippen molar-refractivity contribution in [1.29, 1.82) is 0 Å². The maximum Gasteiger partial charge on any atom is 0.339 e. The third kappa shape index (κ3) is 2.66. The number of carbonyl (C=O) groups is 2. The van der Waals surface area contributed by atoms with Gasteiger partial charge in [-0.3, -0.25) is 0 Å². The molecule has 0 bridgehead atoms. The molecule has 6 nitrogen and oxygen atoms in total. The minimum Gasteiger partial charge on any atom is -0.507 e. The Hall–Kier alpha value is -1.62. The van der Waals surface area contributed by atoms with Gasteiger partial charge < -0.3 is 20.4 Å². The second-order valence-electron chi connectivity index (χ2n) is 2.50. The van der Waals surface area contributed by atoms with Crippen molar-refractivity contribution in [3.8, 4) is 11.5 Å². The van der Waals surface area contributed by atoms with Crippen LogP contribution in [0.2, 0.25) is 0 Å². The summed E-state index contributed by atoms with van der Waals surface area (Å²) in [5, 5.41) is 35.2. The number of hydrogen-bond acceptors (Lipinski definition) is 4. The van der Waals surface area contributed by atoms with Crippen LogP contribution < -0.4 is 0 Å². The van der Waals surface area contributed by atoms with Crippen LogP contribution in [0.5, 0.6) is 11.5 Å². The van der Waals surface area contributed by atoms with E-state index in [-0.39, 0.29) is 19.5 Å². The summed E-state index contributed by atoms with van der Waals surface area (Å²) in [4.78, 5) is 20.9. The number of hydrogen-bond donors (Lipinski definition) is 4. The second-order valence-corrected chi connectivity index (χ2v) is 2.50. The second kappa shape index (κ2) is 4.75. The fraction of sp³-hybridized carbons (Fsp3) is 0. The van der Waals surface area contributed by atoms with E-state index in [0.29, 0.717) is 12.1 Å². The van der Waals surface area contributed by atoms with Gasteiger partial charge in [0.25, 0.3) is 0 Å². The summed E-state index contributed by atoms with van der Waals surface area (Å²) in [5.74, 6) is -4.30. The number of aromatic hydroxyl groups is 2.